The molecule has 5 nitrogen and oxygen atoms in total. The Labute approximate surface area is 140 Å². The number of amides is 1. The second-order valence-corrected chi connectivity index (χ2v) is 5.20. The summed E-state index contributed by atoms with van der Waals surface area (Å²) in [7, 11) is 0. The third-order valence-corrected chi connectivity index (χ3v) is 3.75. The number of halogens is 2. The number of anilines is 2. The molecule has 1 aliphatic heterocycles. The van der Waals surface area contributed by atoms with Gasteiger partial charge in [0.05, 0.1) is 0 Å². The summed E-state index contributed by atoms with van der Waals surface area (Å²) in [5, 5.41) is 0. The quantitative estimate of drug-likeness (QED) is 0.913. The van der Waals surface area contributed by atoms with Crippen LogP contribution in [0.2, 0.25) is 0 Å². The normalized spacial score (nSPS) is 14.3. The zero-order valence-corrected chi connectivity index (χ0v) is 13.3. The predicted molar refractivity (Wildman–Crippen MR) is 90.4 cm³/mol. The van der Waals surface area contributed by atoms with Crippen LogP contribution in [0.15, 0.2) is 42.5 Å². The van der Waals surface area contributed by atoms with Gasteiger partial charge >= 0.3 is 0 Å². The summed E-state index contributed by atoms with van der Waals surface area (Å²) in [4.78, 5) is 20.3. The van der Waals surface area contributed by atoms with Gasteiger partial charge in [0.2, 0.25) is 0 Å². The molecule has 0 unspecified atom stereocenters. The van der Waals surface area contributed by atoms with Crippen LogP contribution in [-0.2, 0) is 0 Å². The fourth-order valence-electron chi connectivity index (χ4n) is 2.55. The first-order valence-corrected chi connectivity index (χ1v) is 7.16. The molecule has 2 aromatic rings. The fraction of sp³-hybridized carbons (Fsp3) is 0.250. The maximum Gasteiger partial charge on any atom is 0.272 e. The van der Waals surface area contributed by atoms with Gasteiger partial charge in [-0.2, -0.15) is 0 Å². The molecular weight excluding hydrogens is 319 g/mol. The SMILES string of the molecule is Cl.Nc1cccc(C(=O)N2CCN(c3ccc(F)cc3)CC2)n1. The van der Waals surface area contributed by atoms with Gasteiger partial charge in [0, 0.05) is 31.9 Å². The van der Waals surface area contributed by atoms with Crippen molar-refractivity contribution in [3.8, 4) is 0 Å². The molecule has 1 aromatic heterocycles. The zero-order valence-electron chi connectivity index (χ0n) is 12.5. The second-order valence-electron chi connectivity index (χ2n) is 5.20. The third kappa shape index (κ3) is 3.90. The van der Waals surface area contributed by atoms with E-state index in [1.165, 1.54) is 12.1 Å². The average molecular weight is 337 g/mol. The average Bonchev–Trinajstić information content (AvgIpc) is 2.55. The molecule has 2 N–H and O–H groups in total. The molecule has 3 rings (SSSR count). The van der Waals surface area contributed by atoms with Crippen LogP contribution in [0.5, 0.6) is 0 Å². The van der Waals surface area contributed by atoms with E-state index in [4.69, 9.17) is 5.73 Å². The van der Waals surface area contributed by atoms with E-state index in [1.54, 1.807) is 35.2 Å². The first-order valence-electron chi connectivity index (χ1n) is 7.16. The smallest absolute Gasteiger partial charge is 0.272 e. The minimum Gasteiger partial charge on any atom is -0.384 e. The highest BCUT2D eigenvalue weighted by Gasteiger charge is 2.23. The highest BCUT2D eigenvalue weighted by atomic mass is 35.5. The lowest BCUT2D eigenvalue weighted by atomic mass is 10.2. The first kappa shape index (κ1) is 17.0. The number of carbonyl (C=O) groups excluding carboxylic acids is 1. The minimum absolute atomic E-state index is 0. The second kappa shape index (κ2) is 7.28. The number of nitrogens with zero attached hydrogens (tertiary/aromatic N) is 3. The molecule has 1 saturated heterocycles. The summed E-state index contributed by atoms with van der Waals surface area (Å²) >= 11 is 0. The summed E-state index contributed by atoms with van der Waals surface area (Å²) in [6, 6.07) is 11.5. The molecule has 0 bridgehead atoms. The van der Waals surface area contributed by atoms with Gasteiger partial charge in [-0.3, -0.25) is 4.79 Å². The largest absolute Gasteiger partial charge is 0.384 e. The van der Waals surface area contributed by atoms with Crippen LogP contribution < -0.4 is 10.6 Å². The Kier molecular flexibility index (Phi) is 5.39. The molecule has 0 radical (unpaired) electrons. The van der Waals surface area contributed by atoms with Gasteiger partial charge in [-0.05, 0) is 36.4 Å². The van der Waals surface area contributed by atoms with Crippen molar-refractivity contribution >= 4 is 29.8 Å². The summed E-state index contributed by atoms with van der Waals surface area (Å²) in [6.45, 7) is 2.62. The summed E-state index contributed by atoms with van der Waals surface area (Å²) in [5.74, 6) is -0.00726. The number of hydrogen-bond acceptors (Lipinski definition) is 4. The molecule has 2 heterocycles. The number of pyridine rings is 1. The Bertz CT molecular complexity index is 672. The minimum atomic E-state index is -0.245. The van der Waals surface area contributed by atoms with Crippen LogP contribution in [-0.4, -0.2) is 42.0 Å². The molecule has 0 atom stereocenters. The number of piperazine rings is 1. The van der Waals surface area contributed by atoms with E-state index >= 15 is 0 Å². The number of aromatic nitrogens is 1. The zero-order chi connectivity index (χ0) is 15.5. The van der Waals surface area contributed by atoms with Gasteiger partial charge in [0.1, 0.15) is 17.3 Å². The molecule has 0 aliphatic carbocycles. The molecule has 122 valence electrons. The predicted octanol–water partition coefficient (Wildman–Crippen LogP) is 2.19. The lowest BCUT2D eigenvalue weighted by molar-refractivity contribution is 0.0741. The standard InChI is InChI=1S/C16H17FN4O.ClH/c17-12-4-6-13(7-5-12)20-8-10-21(11-9-20)16(22)14-2-1-3-15(18)19-14;/h1-7H,8-11H2,(H2,18,19);1H. The van der Waals surface area contributed by atoms with Crippen molar-refractivity contribution in [2.24, 2.45) is 0 Å². The molecule has 0 spiro atoms. The Morgan fingerprint density at radius 2 is 1.70 bits per heavy atom. The fourth-order valence-corrected chi connectivity index (χ4v) is 2.55. The topological polar surface area (TPSA) is 62.5 Å². The van der Waals surface area contributed by atoms with Gasteiger partial charge in [0.15, 0.2) is 0 Å². The van der Waals surface area contributed by atoms with Crippen molar-refractivity contribution in [1.29, 1.82) is 0 Å². The third-order valence-electron chi connectivity index (χ3n) is 3.75. The van der Waals surface area contributed by atoms with Crippen molar-refractivity contribution in [1.82, 2.24) is 9.88 Å². The van der Waals surface area contributed by atoms with Crippen LogP contribution in [0.25, 0.3) is 0 Å². The number of nitrogens with two attached hydrogens (primary N) is 1. The summed E-state index contributed by atoms with van der Waals surface area (Å²) in [5.41, 5.74) is 6.95. The highest BCUT2D eigenvalue weighted by molar-refractivity contribution is 5.92. The lowest BCUT2D eigenvalue weighted by Gasteiger charge is -2.36. The number of rotatable bonds is 2. The van der Waals surface area contributed by atoms with Crippen LogP contribution in [0.3, 0.4) is 0 Å². The van der Waals surface area contributed by atoms with Crippen molar-refractivity contribution in [3.63, 3.8) is 0 Å². The number of nitrogen functional groups attached to an aromatic ring is 1. The van der Waals surface area contributed by atoms with Crippen LogP contribution in [0.4, 0.5) is 15.9 Å². The van der Waals surface area contributed by atoms with Crippen molar-refractivity contribution in [2.45, 2.75) is 0 Å². The van der Waals surface area contributed by atoms with Crippen molar-refractivity contribution in [2.75, 3.05) is 36.8 Å². The maximum absolute atomic E-state index is 13.0. The monoisotopic (exact) mass is 336 g/mol. The molecule has 1 fully saturated rings. The molecule has 7 heteroatoms. The van der Waals surface area contributed by atoms with Crippen molar-refractivity contribution < 1.29 is 9.18 Å². The van der Waals surface area contributed by atoms with E-state index in [0.717, 1.165) is 5.69 Å². The van der Waals surface area contributed by atoms with Gasteiger partial charge in [-0.15, -0.1) is 12.4 Å². The first-order chi connectivity index (χ1) is 10.6. The van der Waals surface area contributed by atoms with Crippen LogP contribution in [0.1, 0.15) is 10.5 Å². The summed E-state index contributed by atoms with van der Waals surface area (Å²) < 4.78 is 13.0. The van der Waals surface area contributed by atoms with E-state index < -0.39 is 0 Å². The molecule has 1 aromatic carbocycles. The number of carbonyl (C=O) groups is 1. The van der Waals surface area contributed by atoms with Gasteiger partial charge in [-0.1, -0.05) is 6.07 Å². The van der Waals surface area contributed by atoms with Crippen LogP contribution >= 0.6 is 12.4 Å². The van der Waals surface area contributed by atoms with Crippen LogP contribution in [0, 0.1) is 5.82 Å². The van der Waals surface area contributed by atoms with E-state index in [1.807, 2.05) is 0 Å². The van der Waals surface area contributed by atoms with E-state index in [0.29, 0.717) is 37.7 Å². The molecular formula is C16H18ClFN4O. The van der Waals surface area contributed by atoms with E-state index in [-0.39, 0.29) is 24.1 Å². The van der Waals surface area contributed by atoms with Crippen molar-refractivity contribution in [3.05, 3.63) is 54.0 Å². The Hall–Kier alpha value is -2.34. The molecule has 23 heavy (non-hydrogen) atoms. The lowest BCUT2D eigenvalue weighted by Crippen LogP contribution is -2.49. The maximum atomic E-state index is 13.0. The van der Waals surface area contributed by atoms with E-state index in [2.05, 4.69) is 9.88 Å². The van der Waals surface area contributed by atoms with Gasteiger partial charge < -0.3 is 15.5 Å². The Morgan fingerprint density at radius 3 is 2.30 bits per heavy atom. The molecule has 1 amide bonds. The molecule has 1 aliphatic rings. The highest BCUT2D eigenvalue weighted by Crippen LogP contribution is 2.17. The number of hydrogen-bond donors (Lipinski definition) is 1. The Morgan fingerprint density at radius 1 is 1.04 bits per heavy atom. The van der Waals surface area contributed by atoms with Gasteiger partial charge in [0.25, 0.3) is 5.91 Å². The molecule has 0 saturated carbocycles. The Balaban J connectivity index is 0.00000192. The summed E-state index contributed by atoms with van der Waals surface area (Å²) in [6.07, 6.45) is 0. The van der Waals surface area contributed by atoms with E-state index in [9.17, 15) is 9.18 Å². The number of benzene rings is 1. The van der Waals surface area contributed by atoms with Gasteiger partial charge in [-0.25, -0.2) is 9.37 Å².